The summed E-state index contributed by atoms with van der Waals surface area (Å²) in [5.74, 6) is -0.141. The van der Waals surface area contributed by atoms with Crippen LogP contribution in [0.25, 0.3) is 11.0 Å². The Morgan fingerprint density at radius 1 is 0.878 bits per heavy atom. The van der Waals surface area contributed by atoms with Gasteiger partial charge in [0.25, 0.3) is 5.91 Å². The maximum atomic E-state index is 14.1. The average molecular weight is 669 g/mol. The number of urea groups is 1. The van der Waals surface area contributed by atoms with Crippen LogP contribution in [-0.4, -0.2) is 137 Å². The highest BCUT2D eigenvalue weighted by Crippen LogP contribution is 2.26. The molecule has 2 aromatic carbocycles. The third-order valence-electron chi connectivity index (χ3n) is 10.9. The lowest BCUT2D eigenvalue weighted by molar-refractivity contribution is -0.142. The third-order valence-corrected chi connectivity index (χ3v) is 10.9. The van der Waals surface area contributed by atoms with Crippen molar-refractivity contribution in [1.82, 2.24) is 34.5 Å². The number of aromatic nitrogens is 2. The Labute approximate surface area is 288 Å². The van der Waals surface area contributed by atoms with Crippen molar-refractivity contribution in [1.29, 1.82) is 0 Å². The molecule has 0 radical (unpaired) electrons. The number of piperidine rings is 2. The summed E-state index contributed by atoms with van der Waals surface area (Å²) in [5, 5.41) is 3.06. The molecule has 0 saturated carbocycles. The number of nitrogens with one attached hydrogen (secondary N) is 1. The molecule has 260 valence electrons. The first-order valence-corrected chi connectivity index (χ1v) is 17.8. The van der Waals surface area contributed by atoms with E-state index in [0.717, 1.165) is 78.9 Å². The fourth-order valence-corrected chi connectivity index (χ4v) is 7.97. The maximum absolute atomic E-state index is 14.1. The standard InChI is InChI=1S/C37H48N8O4/c1-26-23-27(24-32-34(26)39-13-12-38-32)25-33(35(46)43-14-8-29(9-15-43)42-21-19-41(2)20-22-42)49-37(48)44-16-10-30(11-17-44)45-18-7-28-5-3-4-6-31(28)40-36(45)47/h3-6,12-13,23-24,29-30,33H,7-11,14-22,25H2,1-2H3,(H,40,47)/t33-/m1/s1. The first-order chi connectivity index (χ1) is 23.8. The normalized spacial score (nSPS) is 20.9. The molecule has 5 heterocycles. The number of anilines is 1. The van der Waals surface area contributed by atoms with Gasteiger partial charge in [-0.05, 0) is 74.9 Å². The second-order valence-corrected chi connectivity index (χ2v) is 14.1. The lowest BCUT2D eigenvalue weighted by atomic mass is 9.99. The number of hydrogen-bond acceptors (Lipinski definition) is 8. The molecule has 0 spiro atoms. The quantitative estimate of drug-likeness (QED) is 0.423. The highest BCUT2D eigenvalue weighted by molar-refractivity contribution is 5.91. The van der Waals surface area contributed by atoms with E-state index in [0.29, 0.717) is 51.6 Å². The Hall–Kier alpha value is -4.29. The molecular formula is C37H48N8O4. The number of piperazine rings is 1. The molecule has 3 saturated heterocycles. The minimum Gasteiger partial charge on any atom is -0.436 e. The number of aryl methyl sites for hydroxylation is 1. The van der Waals surface area contributed by atoms with Crippen molar-refractivity contribution in [2.75, 3.05) is 71.3 Å². The predicted molar refractivity (Wildman–Crippen MR) is 187 cm³/mol. The van der Waals surface area contributed by atoms with Gasteiger partial charge in [0, 0.05) is 95.5 Å². The number of fused-ring (bicyclic) bond motifs is 2. The first kappa shape index (κ1) is 33.2. The van der Waals surface area contributed by atoms with Crippen molar-refractivity contribution < 1.29 is 19.1 Å². The second kappa shape index (κ2) is 14.7. The zero-order valence-corrected chi connectivity index (χ0v) is 28.7. The van der Waals surface area contributed by atoms with Crippen LogP contribution in [0.5, 0.6) is 0 Å². The molecule has 12 heteroatoms. The van der Waals surface area contributed by atoms with Crippen LogP contribution in [0.4, 0.5) is 15.3 Å². The van der Waals surface area contributed by atoms with E-state index in [1.807, 2.05) is 47.1 Å². The fourth-order valence-electron chi connectivity index (χ4n) is 7.97. The molecule has 1 aromatic heterocycles. The first-order valence-electron chi connectivity index (χ1n) is 17.8. The molecule has 3 aromatic rings. The highest BCUT2D eigenvalue weighted by Gasteiger charge is 2.36. The molecular weight excluding hydrogens is 620 g/mol. The summed E-state index contributed by atoms with van der Waals surface area (Å²) < 4.78 is 6.13. The fraction of sp³-hybridized carbons (Fsp3) is 0.541. The number of para-hydroxylation sites is 1. The van der Waals surface area contributed by atoms with Crippen molar-refractivity contribution in [2.24, 2.45) is 0 Å². The predicted octanol–water partition coefficient (Wildman–Crippen LogP) is 3.78. The summed E-state index contributed by atoms with van der Waals surface area (Å²) in [4.78, 5) is 60.3. The lowest BCUT2D eigenvalue weighted by Crippen LogP contribution is -2.54. The number of likely N-dealkylation sites (tertiary alicyclic amines) is 2. The van der Waals surface area contributed by atoms with Gasteiger partial charge >= 0.3 is 12.1 Å². The van der Waals surface area contributed by atoms with Crippen LogP contribution in [0.3, 0.4) is 0 Å². The van der Waals surface area contributed by atoms with E-state index in [1.54, 1.807) is 17.3 Å². The van der Waals surface area contributed by atoms with E-state index in [4.69, 9.17) is 4.74 Å². The van der Waals surface area contributed by atoms with Gasteiger partial charge in [-0.2, -0.15) is 0 Å². The molecule has 4 aliphatic rings. The monoisotopic (exact) mass is 668 g/mol. The molecule has 49 heavy (non-hydrogen) atoms. The van der Waals surface area contributed by atoms with Gasteiger partial charge in [0.2, 0.25) is 0 Å². The van der Waals surface area contributed by atoms with Crippen LogP contribution < -0.4 is 5.32 Å². The number of hydrogen-bond donors (Lipinski definition) is 1. The van der Waals surface area contributed by atoms with Crippen molar-refractivity contribution in [3.8, 4) is 0 Å². The molecule has 7 rings (SSSR count). The highest BCUT2D eigenvalue weighted by atomic mass is 16.6. The van der Waals surface area contributed by atoms with E-state index in [-0.39, 0.29) is 24.4 Å². The molecule has 3 fully saturated rings. The van der Waals surface area contributed by atoms with Crippen LogP contribution in [0, 0.1) is 6.92 Å². The zero-order chi connectivity index (χ0) is 33.9. The van der Waals surface area contributed by atoms with E-state index >= 15 is 0 Å². The minimum absolute atomic E-state index is 0.0269. The van der Waals surface area contributed by atoms with E-state index in [2.05, 4.69) is 38.2 Å². The Balaban J connectivity index is 1.01. The van der Waals surface area contributed by atoms with Gasteiger partial charge in [-0.3, -0.25) is 19.7 Å². The summed E-state index contributed by atoms with van der Waals surface area (Å²) in [6.07, 6.45) is 6.11. The number of carbonyl (C=O) groups is 3. The van der Waals surface area contributed by atoms with Gasteiger partial charge in [0.05, 0.1) is 11.0 Å². The molecule has 4 aliphatic heterocycles. The van der Waals surface area contributed by atoms with Gasteiger partial charge in [-0.15, -0.1) is 0 Å². The maximum Gasteiger partial charge on any atom is 0.410 e. The minimum atomic E-state index is -0.950. The molecule has 0 unspecified atom stereocenters. The molecule has 1 atom stereocenters. The molecule has 4 amide bonds. The van der Waals surface area contributed by atoms with Gasteiger partial charge in [0.1, 0.15) is 0 Å². The lowest BCUT2D eigenvalue weighted by Gasteiger charge is -2.42. The van der Waals surface area contributed by atoms with Gasteiger partial charge in [0.15, 0.2) is 6.10 Å². The van der Waals surface area contributed by atoms with E-state index in [9.17, 15) is 14.4 Å². The summed E-state index contributed by atoms with van der Waals surface area (Å²) in [5.41, 5.74) is 5.42. The van der Waals surface area contributed by atoms with Crippen molar-refractivity contribution >= 4 is 34.8 Å². The number of ether oxygens (including phenoxy) is 1. The number of likely N-dealkylation sites (N-methyl/N-ethyl adjacent to an activating group) is 1. The van der Waals surface area contributed by atoms with E-state index in [1.165, 1.54) is 0 Å². The largest absolute Gasteiger partial charge is 0.436 e. The Morgan fingerprint density at radius 2 is 1.57 bits per heavy atom. The van der Waals surface area contributed by atoms with Gasteiger partial charge in [-0.1, -0.05) is 24.3 Å². The van der Waals surface area contributed by atoms with Crippen LogP contribution in [-0.2, 0) is 22.4 Å². The second-order valence-electron chi connectivity index (χ2n) is 14.1. The summed E-state index contributed by atoms with van der Waals surface area (Å²) in [6.45, 7) is 9.12. The Bertz CT molecular complexity index is 1660. The summed E-state index contributed by atoms with van der Waals surface area (Å²) >= 11 is 0. The Morgan fingerprint density at radius 3 is 2.35 bits per heavy atom. The third kappa shape index (κ3) is 7.50. The van der Waals surface area contributed by atoms with Crippen molar-refractivity contribution in [3.05, 3.63) is 65.5 Å². The van der Waals surface area contributed by atoms with Crippen LogP contribution >= 0.6 is 0 Å². The molecule has 0 aliphatic carbocycles. The number of amides is 4. The number of benzene rings is 2. The number of carbonyl (C=O) groups excluding carboxylic acids is 3. The van der Waals surface area contributed by atoms with Gasteiger partial charge < -0.3 is 29.7 Å². The number of rotatable bonds is 6. The van der Waals surface area contributed by atoms with Crippen molar-refractivity contribution in [2.45, 2.75) is 63.6 Å². The average Bonchev–Trinajstić information content (AvgIpc) is 3.29. The Kier molecular flexibility index (Phi) is 9.95. The zero-order valence-electron chi connectivity index (χ0n) is 28.7. The summed E-state index contributed by atoms with van der Waals surface area (Å²) in [6, 6.07) is 12.3. The molecule has 12 nitrogen and oxygen atoms in total. The topological polar surface area (TPSA) is 114 Å². The van der Waals surface area contributed by atoms with Crippen LogP contribution in [0.15, 0.2) is 48.8 Å². The van der Waals surface area contributed by atoms with Gasteiger partial charge in [-0.25, -0.2) is 9.59 Å². The molecule has 1 N–H and O–H groups in total. The number of nitrogens with zero attached hydrogens (tertiary/aromatic N) is 7. The van der Waals surface area contributed by atoms with Crippen molar-refractivity contribution in [3.63, 3.8) is 0 Å². The van der Waals surface area contributed by atoms with Crippen LogP contribution in [0.2, 0.25) is 0 Å². The summed E-state index contributed by atoms with van der Waals surface area (Å²) in [7, 11) is 2.17. The SMILES string of the molecule is Cc1cc(C[C@@H](OC(=O)N2CCC(N3CCc4ccccc4NC3=O)CC2)C(=O)N2CCC(N3CCN(C)CC3)CC2)cc2nccnc12. The van der Waals surface area contributed by atoms with E-state index < -0.39 is 12.2 Å². The smallest absolute Gasteiger partial charge is 0.410 e. The van der Waals surface area contributed by atoms with Crippen LogP contribution in [0.1, 0.15) is 42.4 Å². The molecule has 0 bridgehead atoms.